The predicted octanol–water partition coefficient (Wildman–Crippen LogP) is 0.655. The molecule has 1 rings (SSSR count). The first-order valence-electron chi connectivity index (χ1n) is 5.37. The first-order chi connectivity index (χ1) is 7.59. The van der Waals surface area contributed by atoms with Crippen molar-refractivity contribution in [1.82, 2.24) is 4.90 Å². The van der Waals surface area contributed by atoms with E-state index in [1.807, 2.05) is 0 Å². The third kappa shape index (κ3) is 4.44. The van der Waals surface area contributed by atoms with Gasteiger partial charge >= 0.3 is 5.97 Å². The SMILES string of the molecule is CN(CC1CCCCO1)C(=O)/C=C/C(=O)O. The number of amides is 1. The summed E-state index contributed by atoms with van der Waals surface area (Å²) in [5.74, 6) is -1.42. The Morgan fingerprint density at radius 3 is 2.75 bits per heavy atom. The molecule has 0 aliphatic carbocycles. The summed E-state index contributed by atoms with van der Waals surface area (Å²) >= 11 is 0. The second-order valence-electron chi connectivity index (χ2n) is 3.88. The van der Waals surface area contributed by atoms with Crippen molar-refractivity contribution in [3.63, 3.8) is 0 Å². The smallest absolute Gasteiger partial charge is 0.328 e. The fourth-order valence-electron chi connectivity index (χ4n) is 1.62. The number of rotatable bonds is 4. The minimum Gasteiger partial charge on any atom is -0.478 e. The summed E-state index contributed by atoms with van der Waals surface area (Å²) in [5.41, 5.74) is 0. The number of carboxylic acid groups (broad SMARTS) is 1. The van der Waals surface area contributed by atoms with Gasteiger partial charge in [0, 0.05) is 32.4 Å². The minimum absolute atomic E-state index is 0.0842. The summed E-state index contributed by atoms with van der Waals surface area (Å²) < 4.78 is 5.49. The van der Waals surface area contributed by atoms with Crippen LogP contribution < -0.4 is 0 Å². The van der Waals surface area contributed by atoms with Crippen LogP contribution in [0.3, 0.4) is 0 Å². The van der Waals surface area contributed by atoms with Crippen LogP contribution in [0.15, 0.2) is 12.2 Å². The van der Waals surface area contributed by atoms with Crippen molar-refractivity contribution in [2.24, 2.45) is 0 Å². The Hall–Kier alpha value is -1.36. The quantitative estimate of drug-likeness (QED) is 0.716. The van der Waals surface area contributed by atoms with Crippen molar-refractivity contribution in [3.8, 4) is 0 Å². The molecule has 0 aromatic heterocycles. The lowest BCUT2D eigenvalue weighted by Gasteiger charge is -2.26. The lowest BCUT2D eigenvalue weighted by molar-refractivity contribution is -0.132. The lowest BCUT2D eigenvalue weighted by atomic mass is 10.1. The Morgan fingerprint density at radius 1 is 1.44 bits per heavy atom. The van der Waals surface area contributed by atoms with Crippen LogP contribution in [0.25, 0.3) is 0 Å². The van der Waals surface area contributed by atoms with Gasteiger partial charge in [-0.25, -0.2) is 4.79 Å². The van der Waals surface area contributed by atoms with Crippen LogP contribution in [0, 0.1) is 0 Å². The molecule has 90 valence electrons. The molecule has 5 heteroatoms. The van der Waals surface area contributed by atoms with Crippen molar-refractivity contribution in [2.45, 2.75) is 25.4 Å². The summed E-state index contributed by atoms with van der Waals surface area (Å²) in [6, 6.07) is 0. The van der Waals surface area contributed by atoms with Gasteiger partial charge in [0.15, 0.2) is 0 Å². The van der Waals surface area contributed by atoms with Gasteiger partial charge in [0.25, 0.3) is 0 Å². The van der Waals surface area contributed by atoms with Crippen molar-refractivity contribution in [3.05, 3.63) is 12.2 Å². The number of likely N-dealkylation sites (N-methyl/N-ethyl adjacent to an activating group) is 1. The van der Waals surface area contributed by atoms with Gasteiger partial charge in [-0.05, 0) is 19.3 Å². The third-order valence-electron chi connectivity index (χ3n) is 2.50. The summed E-state index contributed by atoms with van der Waals surface area (Å²) in [6.45, 7) is 1.26. The van der Waals surface area contributed by atoms with E-state index < -0.39 is 5.97 Å². The second kappa shape index (κ2) is 6.27. The van der Waals surface area contributed by atoms with Crippen LogP contribution in [0.1, 0.15) is 19.3 Å². The number of carbonyl (C=O) groups excluding carboxylic acids is 1. The van der Waals surface area contributed by atoms with Gasteiger partial charge < -0.3 is 14.7 Å². The van der Waals surface area contributed by atoms with Gasteiger partial charge in [-0.1, -0.05) is 0 Å². The number of aliphatic carboxylic acids is 1. The molecular formula is C11H17NO4. The van der Waals surface area contributed by atoms with Gasteiger partial charge in [-0.3, -0.25) is 4.79 Å². The number of carboxylic acids is 1. The number of hydrogen-bond donors (Lipinski definition) is 1. The summed E-state index contributed by atoms with van der Waals surface area (Å²) in [7, 11) is 1.65. The molecule has 16 heavy (non-hydrogen) atoms. The van der Waals surface area contributed by atoms with Crippen LogP contribution in [0.5, 0.6) is 0 Å². The summed E-state index contributed by atoms with van der Waals surface area (Å²) in [5, 5.41) is 8.38. The van der Waals surface area contributed by atoms with Gasteiger partial charge in [-0.2, -0.15) is 0 Å². The average Bonchev–Trinajstić information content (AvgIpc) is 2.27. The maximum absolute atomic E-state index is 11.4. The standard InChI is InChI=1S/C11H17NO4/c1-12(10(13)5-6-11(14)15)8-9-4-2-3-7-16-9/h5-6,9H,2-4,7-8H2,1H3,(H,14,15)/b6-5+. The number of nitrogens with zero attached hydrogens (tertiary/aromatic N) is 1. The van der Waals surface area contributed by atoms with Crippen molar-refractivity contribution in [2.75, 3.05) is 20.2 Å². The van der Waals surface area contributed by atoms with Crippen LogP contribution in [-0.2, 0) is 14.3 Å². The number of hydrogen-bond acceptors (Lipinski definition) is 3. The van der Waals surface area contributed by atoms with Crippen molar-refractivity contribution >= 4 is 11.9 Å². The van der Waals surface area contributed by atoms with Gasteiger partial charge in [-0.15, -0.1) is 0 Å². The maximum atomic E-state index is 11.4. The molecule has 0 saturated carbocycles. The molecule has 0 aromatic carbocycles. The molecular weight excluding hydrogens is 210 g/mol. The molecule has 0 radical (unpaired) electrons. The zero-order chi connectivity index (χ0) is 12.0. The molecule has 1 atom stereocenters. The Balaban J connectivity index is 2.35. The predicted molar refractivity (Wildman–Crippen MR) is 58.0 cm³/mol. The normalized spacial score (nSPS) is 20.9. The molecule has 1 unspecified atom stereocenters. The lowest BCUT2D eigenvalue weighted by Crippen LogP contribution is -2.36. The van der Waals surface area contributed by atoms with Gasteiger partial charge in [0.05, 0.1) is 6.10 Å². The van der Waals surface area contributed by atoms with E-state index in [1.165, 1.54) is 4.90 Å². The zero-order valence-corrected chi connectivity index (χ0v) is 9.39. The molecule has 1 aliphatic rings. The molecule has 1 aliphatic heterocycles. The highest BCUT2D eigenvalue weighted by Crippen LogP contribution is 2.13. The van der Waals surface area contributed by atoms with E-state index in [1.54, 1.807) is 7.05 Å². The van der Waals surface area contributed by atoms with Gasteiger partial charge in [0.1, 0.15) is 0 Å². The van der Waals surface area contributed by atoms with E-state index >= 15 is 0 Å². The summed E-state index contributed by atoms with van der Waals surface area (Å²) in [4.78, 5) is 23.2. The van der Waals surface area contributed by atoms with E-state index in [0.29, 0.717) is 6.54 Å². The second-order valence-corrected chi connectivity index (χ2v) is 3.88. The Morgan fingerprint density at radius 2 is 2.19 bits per heavy atom. The molecule has 0 aromatic rings. The number of carbonyl (C=O) groups is 2. The van der Waals surface area contributed by atoms with E-state index in [-0.39, 0.29) is 12.0 Å². The molecule has 1 N–H and O–H groups in total. The monoisotopic (exact) mass is 227 g/mol. The van der Waals surface area contributed by atoms with Crippen molar-refractivity contribution in [1.29, 1.82) is 0 Å². The van der Waals surface area contributed by atoms with E-state index in [0.717, 1.165) is 38.0 Å². The molecule has 1 saturated heterocycles. The summed E-state index contributed by atoms with van der Waals surface area (Å²) in [6.07, 6.45) is 5.15. The Bertz CT molecular complexity index is 282. The molecule has 1 fully saturated rings. The molecule has 1 amide bonds. The first-order valence-corrected chi connectivity index (χ1v) is 5.37. The fraction of sp³-hybridized carbons (Fsp3) is 0.636. The average molecular weight is 227 g/mol. The highest BCUT2D eigenvalue weighted by atomic mass is 16.5. The number of ether oxygens (including phenoxy) is 1. The highest BCUT2D eigenvalue weighted by molar-refractivity contribution is 5.93. The van der Waals surface area contributed by atoms with E-state index in [2.05, 4.69) is 0 Å². The van der Waals surface area contributed by atoms with Crippen molar-refractivity contribution < 1.29 is 19.4 Å². The largest absolute Gasteiger partial charge is 0.478 e. The molecule has 0 bridgehead atoms. The van der Waals surface area contributed by atoms with Crippen LogP contribution in [0.2, 0.25) is 0 Å². The Kier molecular flexibility index (Phi) is 4.98. The highest BCUT2D eigenvalue weighted by Gasteiger charge is 2.17. The molecule has 1 heterocycles. The van der Waals surface area contributed by atoms with Crippen LogP contribution in [0.4, 0.5) is 0 Å². The van der Waals surface area contributed by atoms with Gasteiger partial charge in [0.2, 0.25) is 5.91 Å². The minimum atomic E-state index is -1.12. The maximum Gasteiger partial charge on any atom is 0.328 e. The van der Waals surface area contributed by atoms with E-state index in [4.69, 9.17) is 9.84 Å². The topological polar surface area (TPSA) is 66.8 Å². The van der Waals surface area contributed by atoms with Crippen LogP contribution in [-0.4, -0.2) is 48.2 Å². The van der Waals surface area contributed by atoms with Crippen LogP contribution >= 0.6 is 0 Å². The molecule has 5 nitrogen and oxygen atoms in total. The first kappa shape index (κ1) is 12.7. The van der Waals surface area contributed by atoms with E-state index in [9.17, 15) is 9.59 Å². The zero-order valence-electron chi connectivity index (χ0n) is 9.39. The fourth-order valence-corrected chi connectivity index (χ4v) is 1.62. The third-order valence-corrected chi connectivity index (χ3v) is 2.50. The molecule has 0 spiro atoms. The Labute approximate surface area is 94.7 Å².